The lowest BCUT2D eigenvalue weighted by Crippen LogP contribution is -2.18. The fourth-order valence-corrected chi connectivity index (χ4v) is 2.39. The maximum absolute atomic E-state index is 11.9. The Morgan fingerprint density at radius 3 is 2.38 bits per heavy atom. The molecule has 0 saturated carbocycles. The molecule has 2 N–H and O–H groups in total. The first kappa shape index (κ1) is 17.7. The zero-order valence-electron chi connectivity index (χ0n) is 13.7. The Hall–Kier alpha value is -3.13. The number of benzene rings is 1. The fraction of sp³-hybridized carbons (Fsp3) is 0.0556. The van der Waals surface area contributed by atoms with Gasteiger partial charge >= 0.3 is 5.91 Å². The highest BCUT2D eigenvalue weighted by atomic mass is 79.9. The van der Waals surface area contributed by atoms with Crippen LogP contribution in [-0.2, 0) is 0 Å². The number of amides is 2. The number of hydrogen-bond donors (Lipinski definition) is 2. The zero-order valence-corrected chi connectivity index (χ0v) is 15.2. The summed E-state index contributed by atoms with van der Waals surface area (Å²) in [6.07, 6.45) is 1.44. The second-order valence-electron chi connectivity index (χ2n) is 5.25. The molecule has 0 radical (unpaired) electrons. The largest absolute Gasteiger partial charge is 0.459 e. The number of hydrogen-bond acceptors (Lipinski definition) is 5. The SMILES string of the molecule is CC(=NNC(=O)c1ccc(Br)o1)c1ccc(NC(=O)c2ccco2)cc1. The summed E-state index contributed by atoms with van der Waals surface area (Å²) in [6.45, 7) is 1.76. The molecule has 0 bridgehead atoms. The van der Waals surface area contributed by atoms with Gasteiger partial charge < -0.3 is 14.2 Å². The standard InChI is InChI=1S/C18H14BrN3O4/c1-11(21-22-18(24)15-8-9-16(19)26-15)12-4-6-13(7-5-12)20-17(23)14-3-2-10-25-14/h2-10H,1H3,(H,20,23)(H,22,24). The average Bonchev–Trinajstić information content (AvgIpc) is 3.31. The molecule has 2 aromatic heterocycles. The summed E-state index contributed by atoms with van der Waals surface area (Å²) in [5.74, 6) is -0.383. The zero-order chi connectivity index (χ0) is 18.5. The van der Waals surface area contributed by atoms with Gasteiger partial charge in [-0.2, -0.15) is 5.10 Å². The van der Waals surface area contributed by atoms with E-state index in [9.17, 15) is 9.59 Å². The van der Waals surface area contributed by atoms with Crippen LogP contribution in [0.5, 0.6) is 0 Å². The minimum absolute atomic E-state index is 0.157. The smallest absolute Gasteiger partial charge is 0.307 e. The highest BCUT2D eigenvalue weighted by Crippen LogP contribution is 2.14. The minimum atomic E-state index is -0.447. The predicted molar refractivity (Wildman–Crippen MR) is 99.2 cm³/mol. The van der Waals surface area contributed by atoms with E-state index < -0.39 is 5.91 Å². The lowest BCUT2D eigenvalue weighted by molar-refractivity contribution is 0.0925. The summed E-state index contributed by atoms with van der Waals surface area (Å²) in [5.41, 5.74) is 4.44. The molecule has 0 unspecified atom stereocenters. The van der Waals surface area contributed by atoms with Gasteiger partial charge in [0.15, 0.2) is 16.2 Å². The molecule has 3 rings (SSSR count). The third-order valence-electron chi connectivity index (χ3n) is 3.43. The van der Waals surface area contributed by atoms with Crippen LogP contribution in [0.25, 0.3) is 0 Å². The van der Waals surface area contributed by atoms with E-state index >= 15 is 0 Å². The molecule has 2 amide bonds. The van der Waals surface area contributed by atoms with Crippen molar-refractivity contribution in [3.8, 4) is 0 Å². The van der Waals surface area contributed by atoms with Gasteiger partial charge in [-0.3, -0.25) is 9.59 Å². The molecule has 0 atom stereocenters. The first-order chi connectivity index (χ1) is 12.5. The van der Waals surface area contributed by atoms with E-state index in [0.717, 1.165) is 5.56 Å². The van der Waals surface area contributed by atoms with Crippen molar-refractivity contribution in [2.45, 2.75) is 6.92 Å². The molecule has 0 fully saturated rings. The highest BCUT2D eigenvalue weighted by molar-refractivity contribution is 9.10. The molecule has 0 aliphatic rings. The summed E-state index contributed by atoms with van der Waals surface area (Å²) >= 11 is 3.14. The lowest BCUT2D eigenvalue weighted by atomic mass is 10.1. The van der Waals surface area contributed by atoms with E-state index in [1.54, 1.807) is 55.5 Å². The van der Waals surface area contributed by atoms with Crippen molar-refractivity contribution in [3.63, 3.8) is 0 Å². The van der Waals surface area contributed by atoms with Crippen molar-refractivity contribution < 1.29 is 18.4 Å². The molecule has 1 aromatic carbocycles. The summed E-state index contributed by atoms with van der Waals surface area (Å²) in [4.78, 5) is 23.8. The number of anilines is 1. The number of nitrogens with zero attached hydrogens (tertiary/aromatic N) is 1. The second kappa shape index (κ2) is 7.83. The molecule has 7 nitrogen and oxygen atoms in total. The van der Waals surface area contributed by atoms with Crippen LogP contribution in [0.2, 0.25) is 0 Å². The van der Waals surface area contributed by atoms with Gasteiger partial charge in [-0.15, -0.1) is 0 Å². The third kappa shape index (κ3) is 4.28. The van der Waals surface area contributed by atoms with Gasteiger partial charge in [-0.25, -0.2) is 5.43 Å². The number of furan rings is 2. The van der Waals surface area contributed by atoms with Crippen LogP contribution in [0.15, 0.2) is 73.4 Å². The Bertz CT molecular complexity index is 943. The average molecular weight is 416 g/mol. The first-order valence-corrected chi connectivity index (χ1v) is 8.37. The van der Waals surface area contributed by atoms with Gasteiger partial charge in [0.2, 0.25) is 0 Å². The quantitative estimate of drug-likeness (QED) is 0.485. The maximum atomic E-state index is 11.9. The molecule has 2 heterocycles. The maximum Gasteiger partial charge on any atom is 0.307 e. The van der Waals surface area contributed by atoms with E-state index in [-0.39, 0.29) is 17.4 Å². The van der Waals surface area contributed by atoms with Gasteiger partial charge in [0, 0.05) is 5.69 Å². The van der Waals surface area contributed by atoms with Crippen LogP contribution in [0, 0.1) is 0 Å². The van der Waals surface area contributed by atoms with Crippen LogP contribution in [0.3, 0.4) is 0 Å². The van der Waals surface area contributed by atoms with Crippen molar-refractivity contribution >= 4 is 39.1 Å². The Labute approximate surface area is 157 Å². The predicted octanol–water partition coefficient (Wildman–Crippen LogP) is 4.04. The number of rotatable bonds is 5. The van der Waals surface area contributed by atoms with Crippen molar-refractivity contribution in [2.24, 2.45) is 5.10 Å². The molecule has 0 spiro atoms. The Balaban J connectivity index is 1.62. The number of hydrazone groups is 1. The second-order valence-corrected chi connectivity index (χ2v) is 6.03. The summed E-state index contributed by atoms with van der Waals surface area (Å²) in [7, 11) is 0. The molecule has 132 valence electrons. The van der Waals surface area contributed by atoms with E-state index in [2.05, 4.69) is 31.8 Å². The summed E-state index contributed by atoms with van der Waals surface area (Å²) < 4.78 is 10.7. The van der Waals surface area contributed by atoms with Gasteiger partial charge in [0.25, 0.3) is 5.91 Å². The van der Waals surface area contributed by atoms with Crippen LogP contribution < -0.4 is 10.7 Å². The van der Waals surface area contributed by atoms with Crippen molar-refractivity contribution in [2.75, 3.05) is 5.32 Å². The number of carbonyl (C=O) groups excluding carboxylic acids is 2. The summed E-state index contributed by atoms with van der Waals surface area (Å²) in [6, 6.07) is 13.4. The molecule has 0 aliphatic carbocycles. The third-order valence-corrected chi connectivity index (χ3v) is 3.85. The van der Waals surface area contributed by atoms with Gasteiger partial charge in [-0.1, -0.05) is 12.1 Å². The normalized spacial score (nSPS) is 11.2. The van der Waals surface area contributed by atoms with Crippen molar-refractivity contribution in [1.82, 2.24) is 5.43 Å². The van der Waals surface area contributed by atoms with E-state index in [0.29, 0.717) is 16.1 Å². The number of halogens is 1. The first-order valence-electron chi connectivity index (χ1n) is 7.58. The highest BCUT2D eigenvalue weighted by Gasteiger charge is 2.10. The van der Waals surface area contributed by atoms with E-state index in [1.807, 2.05) is 0 Å². The van der Waals surface area contributed by atoms with E-state index in [1.165, 1.54) is 6.26 Å². The molecule has 0 aliphatic heterocycles. The molecule has 0 saturated heterocycles. The van der Waals surface area contributed by atoms with Crippen LogP contribution >= 0.6 is 15.9 Å². The molecular formula is C18H14BrN3O4. The Kier molecular flexibility index (Phi) is 5.33. The Morgan fingerprint density at radius 2 is 1.77 bits per heavy atom. The minimum Gasteiger partial charge on any atom is -0.459 e. The molecule has 8 heteroatoms. The fourth-order valence-electron chi connectivity index (χ4n) is 2.09. The van der Waals surface area contributed by atoms with Gasteiger partial charge in [0.05, 0.1) is 12.0 Å². The molecule has 3 aromatic rings. The van der Waals surface area contributed by atoms with Crippen molar-refractivity contribution in [1.29, 1.82) is 0 Å². The summed E-state index contributed by atoms with van der Waals surface area (Å²) in [5, 5.41) is 6.78. The lowest BCUT2D eigenvalue weighted by Gasteiger charge is -2.05. The van der Waals surface area contributed by atoms with Crippen LogP contribution in [0.1, 0.15) is 33.6 Å². The Morgan fingerprint density at radius 1 is 1.00 bits per heavy atom. The monoisotopic (exact) mass is 415 g/mol. The number of nitrogens with one attached hydrogen (secondary N) is 2. The van der Waals surface area contributed by atoms with Crippen molar-refractivity contribution in [3.05, 3.63) is 76.5 Å². The van der Waals surface area contributed by atoms with Gasteiger partial charge in [0.1, 0.15) is 0 Å². The van der Waals surface area contributed by atoms with Crippen LogP contribution in [0.4, 0.5) is 5.69 Å². The molecule has 26 heavy (non-hydrogen) atoms. The van der Waals surface area contributed by atoms with E-state index in [4.69, 9.17) is 8.83 Å². The molecular weight excluding hydrogens is 402 g/mol. The van der Waals surface area contributed by atoms with Crippen LogP contribution in [-0.4, -0.2) is 17.5 Å². The topological polar surface area (TPSA) is 96.8 Å². The number of carbonyl (C=O) groups is 2. The van der Waals surface area contributed by atoms with Gasteiger partial charge in [-0.05, 0) is 64.8 Å².